The lowest BCUT2D eigenvalue weighted by Gasteiger charge is -2.04. The standard InChI is InChI=1S/C16H21N3OS/c1-3-4-14-19-11(2)15(21-14)16(20)18-10-9-12-5-7-13(17)8-6-12/h5-8H,3-4,9-10,17H2,1-2H3,(H,18,20). The summed E-state index contributed by atoms with van der Waals surface area (Å²) in [7, 11) is 0. The van der Waals surface area contributed by atoms with Crippen molar-refractivity contribution in [3.8, 4) is 0 Å². The van der Waals surface area contributed by atoms with Gasteiger partial charge in [-0.1, -0.05) is 19.1 Å². The maximum absolute atomic E-state index is 12.2. The predicted molar refractivity (Wildman–Crippen MR) is 87.7 cm³/mol. The van der Waals surface area contributed by atoms with Crippen molar-refractivity contribution >= 4 is 22.9 Å². The van der Waals surface area contributed by atoms with Crippen LogP contribution in [0.25, 0.3) is 0 Å². The van der Waals surface area contributed by atoms with Crippen LogP contribution in [0, 0.1) is 6.92 Å². The highest BCUT2D eigenvalue weighted by atomic mass is 32.1. The van der Waals surface area contributed by atoms with Crippen LogP contribution in [-0.2, 0) is 12.8 Å². The zero-order valence-corrected chi connectivity index (χ0v) is 13.3. The van der Waals surface area contributed by atoms with Crippen LogP contribution in [0.3, 0.4) is 0 Å². The Hall–Kier alpha value is -1.88. The number of hydrogen-bond donors (Lipinski definition) is 2. The van der Waals surface area contributed by atoms with Crippen LogP contribution >= 0.6 is 11.3 Å². The molecule has 1 aromatic heterocycles. The summed E-state index contributed by atoms with van der Waals surface area (Å²) in [5, 5.41) is 4.00. The molecule has 0 atom stereocenters. The molecule has 0 fully saturated rings. The maximum Gasteiger partial charge on any atom is 0.263 e. The number of thiazole rings is 1. The summed E-state index contributed by atoms with van der Waals surface area (Å²) >= 11 is 1.50. The van der Waals surface area contributed by atoms with Crippen LogP contribution in [-0.4, -0.2) is 17.4 Å². The van der Waals surface area contributed by atoms with Crippen molar-refractivity contribution in [1.29, 1.82) is 0 Å². The summed E-state index contributed by atoms with van der Waals surface area (Å²) in [6.07, 6.45) is 2.78. The van der Waals surface area contributed by atoms with E-state index in [1.54, 1.807) is 0 Å². The first kappa shape index (κ1) is 15.5. The summed E-state index contributed by atoms with van der Waals surface area (Å²) in [5.74, 6) is -0.0252. The quantitative estimate of drug-likeness (QED) is 0.806. The lowest BCUT2D eigenvalue weighted by Crippen LogP contribution is -2.25. The van der Waals surface area contributed by atoms with Crippen molar-refractivity contribution < 1.29 is 4.79 Å². The first-order valence-corrected chi connectivity index (χ1v) is 8.00. The number of nitrogens with one attached hydrogen (secondary N) is 1. The normalized spacial score (nSPS) is 10.6. The fraction of sp³-hybridized carbons (Fsp3) is 0.375. The second-order valence-electron chi connectivity index (χ2n) is 5.02. The van der Waals surface area contributed by atoms with Gasteiger partial charge in [0, 0.05) is 12.2 Å². The van der Waals surface area contributed by atoms with Gasteiger partial charge in [-0.25, -0.2) is 4.98 Å². The van der Waals surface area contributed by atoms with Gasteiger partial charge in [0.2, 0.25) is 0 Å². The number of anilines is 1. The van der Waals surface area contributed by atoms with Gasteiger partial charge in [0.25, 0.3) is 5.91 Å². The molecule has 3 N–H and O–H groups in total. The number of benzene rings is 1. The van der Waals surface area contributed by atoms with Crippen molar-refractivity contribution in [2.24, 2.45) is 0 Å². The summed E-state index contributed by atoms with van der Waals surface area (Å²) in [4.78, 5) is 17.3. The number of aryl methyl sites for hydroxylation is 2. The summed E-state index contributed by atoms with van der Waals surface area (Å²) < 4.78 is 0. The Kier molecular flexibility index (Phi) is 5.33. The highest BCUT2D eigenvalue weighted by molar-refractivity contribution is 7.13. The molecule has 4 nitrogen and oxygen atoms in total. The van der Waals surface area contributed by atoms with Crippen LogP contribution < -0.4 is 11.1 Å². The van der Waals surface area contributed by atoms with Gasteiger partial charge in [-0.3, -0.25) is 4.79 Å². The maximum atomic E-state index is 12.2. The zero-order valence-electron chi connectivity index (χ0n) is 12.5. The molecule has 0 bridgehead atoms. The fourth-order valence-corrected chi connectivity index (χ4v) is 3.15. The van der Waals surface area contributed by atoms with E-state index in [-0.39, 0.29) is 5.91 Å². The number of aromatic nitrogens is 1. The van der Waals surface area contributed by atoms with E-state index in [1.165, 1.54) is 11.3 Å². The predicted octanol–water partition coefficient (Wildman–Crippen LogP) is 2.96. The number of carbonyl (C=O) groups excluding carboxylic acids is 1. The van der Waals surface area contributed by atoms with E-state index < -0.39 is 0 Å². The van der Waals surface area contributed by atoms with Crippen LogP contribution in [0.15, 0.2) is 24.3 Å². The number of carbonyl (C=O) groups is 1. The van der Waals surface area contributed by atoms with E-state index in [2.05, 4.69) is 17.2 Å². The molecule has 21 heavy (non-hydrogen) atoms. The Balaban J connectivity index is 1.88. The number of nitrogens with zero attached hydrogens (tertiary/aromatic N) is 1. The molecular weight excluding hydrogens is 282 g/mol. The Bertz CT molecular complexity index is 604. The molecule has 2 aromatic rings. The number of rotatable bonds is 6. The Morgan fingerprint density at radius 1 is 1.29 bits per heavy atom. The average molecular weight is 303 g/mol. The number of hydrogen-bond acceptors (Lipinski definition) is 4. The van der Waals surface area contributed by atoms with E-state index in [0.717, 1.165) is 46.1 Å². The fourth-order valence-electron chi connectivity index (χ4n) is 2.07. The largest absolute Gasteiger partial charge is 0.399 e. The van der Waals surface area contributed by atoms with Gasteiger partial charge in [0.05, 0.1) is 10.7 Å². The highest BCUT2D eigenvalue weighted by Crippen LogP contribution is 2.19. The third-order valence-corrected chi connectivity index (χ3v) is 4.41. The van der Waals surface area contributed by atoms with Gasteiger partial charge in [-0.05, 0) is 43.9 Å². The van der Waals surface area contributed by atoms with Gasteiger partial charge in [0.15, 0.2) is 0 Å². The molecule has 0 aliphatic carbocycles. The third-order valence-electron chi connectivity index (χ3n) is 3.19. The molecule has 0 saturated heterocycles. The Morgan fingerprint density at radius 3 is 2.67 bits per heavy atom. The molecule has 0 aliphatic heterocycles. The second-order valence-corrected chi connectivity index (χ2v) is 6.10. The van der Waals surface area contributed by atoms with Crippen molar-refractivity contribution in [3.05, 3.63) is 45.4 Å². The molecule has 2 rings (SSSR count). The highest BCUT2D eigenvalue weighted by Gasteiger charge is 2.14. The molecule has 0 spiro atoms. The molecule has 112 valence electrons. The average Bonchev–Trinajstić information content (AvgIpc) is 2.82. The minimum absolute atomic E-state index is 0.0252. The lowest BCUT2D eigenvalue weighted by atomic mass is 10.1. The van der Waals surface area contributed by atoms with Crippen molar-refractivity contribution in [3.63, 3.8) is 0 Å². The van der Waals surface area contributed by atoms with Crippen LogP contribution in [0.5, 0.6) is 0 Å². The monoisotopic (exact) mass is 303 g/mol. The van der Waals surface area contributed by atoms with E-state index in [0.29, 0.717) is 6.54 Å². The zero-order chi connectivity index (χ0) is 15.2. The number of nitrogens with two attached hydrogens (primary N) is 1. The molecule has 1 amide bonds. The lowest BCUT2D eigenvalue weighted by molar-refractivity contribution is 0.0957. The minimum atomic E-state index is -0.0252. The van der Waals surface area contributed by atoms with Crippen molar-refractivity contribution in [2.45, 2.75) is 33.1 Å². The van der Waals surface area contributed by atoms with Gasteiger partial charge in [-0.15, -0.1) is 11.3 Å². The van der Waals surface area contributed by atoms with Gasteiger partial charge in [-0.2, -0.15) is 0 Å². The molecule has 1 heterocycles. The molecule has 1 aromatic carbocycles. The summed E-state index contributed by atoms with van der Waals surface area (Å²) in [6, 6.07) is 7.72. The number of nitrogen functional groups attached to an aromatic ring is 1. The van der Waals surface area contributed by atoms with Crippen LogP contribution in [0.1, 0.15) is 39.3 Å². The Morgan fingerprint density at radius 2 is 2.00 bits per heavy atom. The molecule has 0 radical (unpaired) electrons. The van der Waals surface area contributed by atoms with Crippen LogP contribution in [0.2, 0.25) is 0 Å². The van der Waals surface area contributed by atoms with Crippen molar-refractivity contribution in [2.75, 3.05) is 12.3 Å². The summed E-state index contributed by atoms with van der Waals surface area (Å²) in [5.41, 5.74) is 8.40. The van der Waals surface area contributed by atoms with Crippen molar-refractivity contribution in [1.82, 2.24) is 10.3 Å². The van der Waals surface area contributed by atoms with Gasteiger partial charge < -0.3 is 11.1 Å². The smallest absolute Gasteiger partial charge is 0.263 e. The molecule has 0 saturated carbocycles. The molecule has 0 aliphatic rings. The summed E-state index contributed by atoms with van der Waals surface area (Å²) in [6.45, 7) is 4.62. The minimum Gasteiger partial charge on any atom is -0.399 e. The molecule has 0 unspecified atom stereocenters. The van der Waals surface area contributed by atoms with Gasteiger partial charge in [0.1, 0.15) is 4.88 Å². The van der Waals surface area contributed by atoms with Gasteiger partial charge >= 0.3 is 0 Å². The van der Waals surface area contributed by atoms with E-state index in [1.807, 2.05) is 31.2 Å². The van der Waals surface area contributed by atoms with E-state index in [9.17, 15) is 4.79 Å². The van der Waals surface area contributed by atoms with E-state index in [4.69, 9.17) is 5.73 Å². The molecular formula is C16H21N3OS. The first-order valence-electron chi connectivity index (χ1n) is 7.19. The third kappa shape index (κ3) is 4.29. The first-order chi connectivity index (χ1) is 10.1. The second kappa shape index (κ2) is 7.22. The Labute approximate surface area is 129 Å². The van der Waals surface area contributed by atoms with E-state index >= 15 is 0 Å². The molecule has 5 heteroatoms. The number of amides is 1. The SMILES string of the molecule is CCCc1nc(C)c(C(=O)NCCc2ccc(N)cc2)s1. The van der Waals surface area contributed by atoms with Crippen LogP contribution in [0.4, 0.5) is 5.69 Å². The topological polar surface area (TPSA) is 68.0 Å².